The minimum atomic E-state index is -3.01. The van der Waals surface area contributed by atoms with Gasteiger partial charge in [0.25, 0.3) is 0 Å². The lowest BCUT2D eigenvalue weighted by Gasteiger charge is -2.40. The van der Waals surface area contributed by atoms with E-state index in [1.54, 1.807) is 0 Å². The molecule has 1 atom stereocenters. The van der Waals surface area contributed by atoms with Crippen LogP contribution in [0.1, 0.15) is 91.4 Å². The highest BCUT2D eigenvalue weighted by Crippen LogP contribution is 2.54. The molecule has 0 amide bonds. The first-order valence-corrected chi connectivity index (χ1v) is 11.5. The van der Waals surface area contributed by atoms with E-state index in [2.05, 4.69) is 26.1 Å². The average Bonchev–Trinajstić information content (AvgIpc) is 2.54. The summed E-state index contributed by atoms with van der Waals surface area (Å²) in [6.45, 7) is 7.90. The van der Waals surface area contributed by atoms with Crippen LogP contribution in [-0.4, -0.2) is 25.0 Å². The first-order chi connectivity index (χ1) is 11.1. The molecule has 0 aromatic carbocycles. The maximum Gasteiger partial charge on any atom is 0.332 e. The van der Waals surface area contributed by atoms with Gasteiger partial charge in [-0.3, -0.25) is 14.4 Å². The molecule has 0 aliphatic heterocycles. The standard InChI is InChI=1S/C18H38NO3P/c1-4-7-15-19-18(13-11-10-12-14-18)22-23(20,17-9-6-3)21-16-8-5-2/h19H,4-17H2,1-3H3. The number of nitrogens with one attached hydrogen (secondary N) is 1. The van der Waals surface area contributed by atoms with Gasteiger partial charge in [0.2, 0.25) is 0 Å². The van der Waals surface area contributed by atoms with Crippen molar-refractivity contribution in [2.24, 2.45) is 0 Å². The summed E-state index contributed by atoms with van der Waals surface area (Å²) in [4.78, 5) is 0. The molecule has 0 bridgehead atoms. The topological polar surface area (TPSA) is 47.6 Å². The minimum absolute atomic E-state index is 0.428. The van der Waals surface area contributed by atoms with Crippen LogP contribution >= 0.6 is 7.60 Å². The Balaban J connectivity index is 2.73. The normalized spacial score (nSPS) is 20.3. The smallest absolute Gasteiger partial charge is 0.309 e. The van der Waals surface area contributed by atoms with Crippen LogP contribution in [0.2, 0.25) is 0 Å². The summed E-state index contributed by atoms with van der Waals surface area (Å²) in [6, 6.07) is 0. The lowest BCUT2D eigenvalue weighted by atomic mass is 9.92. The van der Waals surface area contributed by atoms with Crippen molar-refractivity contribution in [2.75, 3.05) is 19.3 Å². The van der Waals surface area contributed by atoms with Crippen molar-refractivity contribution in [3.8, 4) is 0 Å². The summed E-state index contributed by atoms with van der Waals surface area (Å²) in [7, 11) is -3.01. The van der Waals surface area contributed by atoms with Crippen LogP contribution in [0.3, 0.4) is 0 Å². The fourth-order valence-electron chi connectivity index (χ4n) is 3.02. The van der Waals surface area contributed by atoms with Crippen LogP contribution in [0.5, 0.6) is 0 Å². The Morgan fingerprint density at radius 3 is 2.22 bits per heavy atom. The van der Waals surface area contributed by atoms with Crippen molar-refractivity contribution in [2.45, 2.75) is 97.1 Å². The van der Waals surface area contributed by atoms with E-state index in [4.69, 9.17) is 9.05 Å². The second-order valence-corrected chi connectivity index (χ2v) is 8.91. The third kappa shape index (κ3) is 8.16. The van der Waals surface area contributed by atoms with E-state index >= 15 is 0 Å². The highest BCUT2D eigenvalue weighted by molar-refractivity contribution is 7.53. The fraction of sp³-hybridized carbons (Fsp3) is 1.00. The zero-order chi connectivity index (χ0) is 17.0. The molecule has 4 nitrogen and oxygen atoms in total. The van der Waals surface area contributed by atoms with E-state index in [1.807, 2.05) is 0 Å². The molecule has 1 fully saturated rings. The number of rotatable bonds is 13. The van der Waals surface area contributed by atoms with Gasteiger partial charge in [-0.05, 0) is 51.5 Å². The predicted octanol–water partition coefficient (Wildman–Crippen LogP) is 5.86. The van der Waals surface area contributed by atoms with Crippen LogP contribution in [-0.2, 0) is 13.6 Å². The first-order valence-electron chi connectivity index (χ1n) is 9.79. The quantitative estimate of drug-likeness (QED) is 0.257. The zero-order valence-electron chi connectivity index (χ0n) is 15.6. The molecule has 5 heteroatoms. The highest BCUT2D eigenvalue weighted by atomic mass is 31.2. The van der Waals surface area contributed by atoms with Crippen molar-refractivity contribution < 1.29 is 13.6 Å². The first kappa shape index (κ1) is 21.2. The van der Waals surface area contributed by atoms with E-state index in [0.29, 0.717) is 12.8 Å². The second-order valence-electron chi connectivity index (χ2n) is 6.80. The molecule has 1 aliphatic rings. The summed E-state index contributed by atoms with van der Waals surface area (Å²) in [5.74, 6) is 0. The average molecular weight is 347 g/mol. The molecule has 1 rings (SSSR count). The maximum atomic E-state index is 13.3. The Kier molecular flexibility index (Phi) is 10.7. The fourth-order valence-corrected chi connectivity index (χ4v) is 5.18. The van der Waals surface area contributed by atoms with Gasteiger partial charge in [-0.25, -0.2) is 0 Å². The predicted molar refractivity (Wildman–Crippen MR) is 98.1 cm³/mol. The molecule has 23 heavy (non-hydrogen) atoms. The van der Waals surface area contributed by atoms with Gasteiger partial charge in [0.15, 0.2) is 0 Å². The lowest BCUT2D eigenvalue weighted by Crippen LogP contribution is -2.49. The van der Waals surface area contributed by atoms with Crippen LogP contribution in [0, 0.1) is 0 Å². The Bertz CT molecular complexity index is 343. The molecule has 0 heterocycles. The van der Waals surface area contributed by atoms with Crippen molar-refractivity contribution in [1.82, 2.24) is 5.32 Å². The lowest BCUT2D eigenvalue weighted by molar-refractivity contribution is -0.0165. The van der Waals surface area contributed by atoms with Crippen LogP contribution < -0.4 is 5.32 Å². The van der Waals surface area contributed by atoms with E-state index in [9.17, 15) is 4.57 Å². The maximum absolute atomic E-state index is 13.3. The Morgan fingerprint density at radius 1 is 0.957 bits per heavy atom. The summed E-state index contributed by atoms with van der Waals surface area (Å²) in [5, 5.41) is 3.58. The Hall–Kier alpha value is 0.110. The monoisotopic (exact) mass is 347 g/mol. The zero-order valence-corrected chi connectivity index (χ0v) is 16.5. The van der Waals surface area contributed by atoms with Gasteiger partial charge >= 0.3 is 7.60 Å². The summed E-state index contributed by atoms with van der Waals surface area (Å²) >= 11 is 0. The van der Waals surface area contributed by atoms with Gasteiger partial charge in [0.05, 0.1) is 12.8 Å². The number of hydrogen-bond donors (Lipinski definition) is 1. The number of unbranched alkanes of at least 4 members (excludes halogenated alkanes) is 3. The van der Waals surface area contributed by atoms with E-state index in [1.165, 1.54) is 6.42 Å². The van der Waals surface area contributed by atoms with Crippen molar-refractivity contribution in [3.63, 3.8) is 0 Å². The molecule has 0 radical (unpaired) electrons. The molecule has 0 aromatic heterocycles. The van der Waals surface area contributed by atoms with E-state index in [-0.39, 0.29) is 0 Å². The molecular formula is C18H38NO3P. The molecule has 0 spiro atoms. The molecule has 1 saturated carbocycles. The SMILES string of the molecule is CCCCNC1(OP(=O)(CCCC)OCCCC)CCCCC1. The minimum Gasteiger partial charge on any atom is -0.309 e. The van der Waals surface area contributed by atoms with Gasteiger partial charge in [-0.15, -0.1) is 0 Å². The van der Waals surface area contributed by atoms with Crippen LogP contribution in [0.15, 0.2) is 0 Å². The third-order valence-electron chi connectivity index (χ3n) is 4.52. The second kappa shape index (κ2) is 11.6. The highest BCUT2D eigenvalue weighted by Gasteiger charge is 2.40. The van der Waals surface area contributed by atoms with Crippen LogP contribution in [0.4, 0.5) is 0 Å². The largest absolute Gasteiger partial charge is 0.332 e. The molecule has 1 aliphatic carbocycles. The van der Waals surface area contributed by atoms with Crippen molar-refractivity contribution >= 4 is 7.60 Å². The number of hydrogen-bond acceptors (Lipinski definition) is 4. The van der Waals surface area contributed by atoms with Gasteiger partial charge in [-0.1, -0.05) is 46.5 Å². The van der Waals surface area contributed by atoms with Gasteiger partial charge < -0.3 is 4.52 Å². The van der Waals surface area contributed by atoms with Gasteiger partial charge in [0, 0.05) is 0 Å². The Morgan fingerprint density at radius 2 is 1.61 bits per heavy atom. The molecule has 0 saturated heterocycles. The summed E-state index contributed by atoms with van der Waals surface area (Å²) in [6.07, 6.45) is 12.2. The Labute approximate surface area is 143 Å². The molecular weight excluding hydrogens is 309 g/mol. The summed E-state index contributed by atoms with van der Waals surface area (Å²) in [5.41, 5.74) is -0.428. The molecule has 138 valence electrons. The third-order valence-corrected chi connectivity index (χ3v) is 6.59. The van der Waals surface area contributed by atoms with Gasteiger partial charge in [-0.2, -0.15) is 0 Å². The van der Waals surface area contributed by atoms with E-state index in [0.717, 1.165) is 70.8 Å². The van der Waals surface area contributed by atoms with Crippen LogP contribution in [0.25, 0.3) is 0 Å². The molecule has 1 N–H and O–H groups in total. The van der Waals surface area contributed by atoms with E-state index < -0.39 is 13.3 Å². The summed E-state index contributed by atoms with van der Waals surface area (Å²) < 4.78 is 25.4. The molecule has 0 aromatic rings. The van der Waals surface area contributed by atoms with Crippen molar-refractivity contribution in [3.05, 3.63) is 0 Å². The van der Waals surface area contributed by atoms with Gasteiger partial charge in [0.1, 0.15) is 5.72 Å². The van der Waals surface area contributed by atoms with Crippen molar-refractivity contribution in [1.29, 1.82) is 0 Å². The molecule has 1 unspecified atom stereocenters.